The normalized spacial score (nSPS) is 30.8. The Balaban J connectivity index is 1.67. The Labute approximate surface area is 114 Å². The van der Waals surface area contributed by atoms with E-state index in [0.717, 1.165) is 10.5 Å². The molecule has 2 bridgehead atoms. The highest BCUT2D eigenvalue weighted by Crippen LogP contribution is 2.56. The van der Waals surface area contributed by atoms with Gasteiger partial charge in [-0.15, -0.1) is 0 Å². The number of benzene rings is 1. The summed E-state index contributed by atoms with van der Waals surface area (Å²) < 4.78 is 19.0. The van der Waals surface area contributed by atoms with Crippen LogP contribution in [0.15, 0.2) is 30.3 Å². The van der Waals surface area contributed by atoms with Crippen molar-refractivity contribution in [1.82, 2.24) is 4.90 Å². The highest BCUT2D eigenvalue weighted by molar-refractivity contribution is 5.88. The number of carbonyl (C=O) groups is 2. The Bertz CT molecular complexity index is 554. The first kappa shape index (κ1) is 12.9. The van der Waals surface area contributed by atoms with E-state index in [2.05, 4.69) is 0 Å². The third kappa shape index (κ3) is 1.83. The van der Waals surface area contributed by atoms with Crippen molar-refractivity contribution in [3.63, 3.8) is 0 Å². The molecule has 3 fully saturated rings. The van der Waals surface area contributed by atoms with Gasteiger partial charge in [0.2, 0.25) is 0 Å². The number of alkyl halides is 1. The molecule has 1 aliphatic carbocycles. The van der Waals surface area contributed by atoms with Gasteiger partial charge in [-0.3, -0.25) is 4.90 Å². The molecule has 0 radical (unpaired) electrons. The lowest BCUT2D eigenvalue weighted by atomic mass is 9.71. The summed E-state index contributed by atoms with van der Waals surface area (Å²) in [5.41, 5.74) is -2.18. The molecule has 2 heterocycles. The van der Waals surface area contributed by atoms with Gasteiger partial charge in [0.05, 0.1) is 6.54 Å². The van der Waals surface area contributed by atoms with Gasteiger partial charge in [-0.25, -0.2) is 14.0 Å². The molecule has 3 aliphatic rings. The molecule has 0 unspecified atom stereocenters. The molecule has 2 aliphatic heterocycles. The minimum Gasteiger partial charge on any atom is -0.479 e. The van der Waals surface area contributed by atoms with Crippen LogP contribution in [0.3, 0.4) is 0 Å². The molecule has 1 aromatic carbocycles. The molecule has 106 valence electrons. The van der Waals surface area contributed by atoms with E-state index < -0.39 is 23.3 Å². The second-order valence-electron chi connectivity index (χ2n) is 5.47. The van der Waals surface area contributed by atoms with Gasteiger partial charge in [-0.1, -0.05) is 30.3 Å². The first-order valence-electron chi connectivity index (χ1n) is 6.36. The van der Waals surface area contributed by atoms with Crippen molar-refractivity contribution in [2.75, 3.05) is 6.54 Å². The molecule has 1 saturated carbocycles. The number of rotatable bonds is 3. The van der Waals surface area contributed by atoms with Gasteiger partial charge >= 0.3 is 12.1 Å². The largest absolute Gasteiger partial charge is 0.479 e. The first-order chi connectivity index (χ1) is 9.45. The number of hydrogen-bond acceptors (Lipinski definition) is 3. The van der Waals surface area contributed by atoms with E-state index in [0.29, 0.717) is 0 Å². The number of halogens is 1. The summed E-state index contributed by atoms with van der Waals surface area (Å²) in [4.78, 5) is 24.3. The first-order valence-corrected chi connectivity index (χ1v) is 6.36. The fraction of sp³-hybridized carbons (Fsp3) is 0.429. The Kier molecular flexibility index (Phi) is 2.70. The Morgan fingerprint density at radius 3 is 2.55 bits per heavy atom. The molecule has 0 aromatic heterocycles. The van der Waals surface area contributed by atoms with Crippen molar-refractivity contribution in [1.29, 1.82) is 0 Å². The topological polar surface area (TPSA) is 66.8 Å². The molecule has 1 amide bonds. The molecule has 1 N–H and O–H groups in total. The molecule has 5 nitrogen and oxygen atoms in total. The molecular formula is C14H14FNO4. The van der Waals surface area contributed by atoms with Crippen LogP contribution in [0.1, 0.15) is 18.4 Å². The molecule has 2 saturated heterocycles. The second-order valence-corrected chi connectivity index (χ2v) is 5.47. The minimum absolute atomic E-state index is 0.0468. The molecule has 20 heavy (non-hydrogen) atoms. The van der Waals surface area contributed by atoms with Crippen molar-refractivity contribution in [2.45, 2.75) is 30.7 Å². The summed E-state index contributed by atoms with van der Waals surface area (Å²) in [5.74, 6) is -1.17. The maximum atomic E-state index is 13.9. The number of ether oxygens (including phenoxy) is 1. The molecule has 0 spiro atoms. The lowest BCUT2D eigenvalue weighted by Gasteiger charge is -2.39. The summed E-state index contributed by atoms with van der Waals surface area (Å²) in [6, 6.07) is 9.05. The van der Waals surface area contributed by atoms with Crippen LogP contribution >= 0.6 is 0 Å². The van der Waals surface area contributed by atoms with E-state index in [9.17, 15) is 19.1 Å². The van der Waals surface area contributed by atoms with Crippen LogP contribution in [0.2, 0.25) is 0 Å². The quantitative estimate of drug-likeness (QED) is 0.918. The molecular weight excluding hydrogens is 265 g/mol. The molecule has 1 aromatic rings. The van der Waals surface area contributed by atoms with Crippen LogP contribution in [0.25, 0.3) is 0 Å². The maximum Gasteiger partial charge on any atom is 0.411 e. The standard InChI is InChI=1S/C14H14FNO4/c15-13-7-14(8-13,11(17)18)16(9-13)12(19)20-6-10-4-2-1-3-5-10/h1-5H,6-9H2,(H,17,18). The molecule has 4 rings (SSSR count). The highest BCUT2D eigenvalue weighted by Gasteiger charge is 2.72. The van der Waals surface area contributed by atoms with Gasteiger partial charge in [0.25, 0.3) is 0 Å². The lowest BCUT2D eigenvalue weighted by molar-refractivity contribution is -0.154. The number of fused-ring (bicyclic) bond motifs is 1. The highest BCUT2D eigenvalue weighted by atomic mass is 19.1. The van der Waals surface area contributed by atoms with E-state index in [1.165, 1.54) is 0 Å². The number of carbonyl (C=O) groups excluding carboxylic acids is 1. The van der Waals surface area contributed by atoms with E-state index >= 15 is 0 Å². The van der Waals surface area contributed by atoms with Gasteiger partial charge in [0.15, 0.2) is 0 Å². The SMILES string of the molecule is O=C(OCc1ccccc1)N1CC2(F)CC1(C(=O)O)C2. The summed E-state index contributed by atoms with van der Waals surface area (Å²) >= 11 is 0. The van der Waals surface area contributed by atoms with Gasteiger partial charge in [0, 0.05) is 12.8 Å². The van der Waals surface area contributed by atoms with E-state index in [1.54, 1.807) is 12.1 Å². The van der Waals surface area contributed by atoms with E-state index in [-0.39, 0.29) is 26.0 Å². The van der Waals surface area contributed by atoms with Crippen molar-refractivity contribution >= 4 is 12.1 Å². The van der Waals surface area contributed by atoms with Crippen LogP contribution in [-0.4, -0.2) is 39.8 Å². The molecule has 6 heteroatoms. The van der Waals surface area contributed by atoms with Crippen LogP contribution in [0, 0.1) is 0 Å². The summed E-state index contributed by atoms with van der Waals surface area (Å²) in [6.45, 7) is -0.155. The van der Waals surface area contributed by atoms with Gasteiger partial charge in [-0.05, 0) is 5.56 Å². The second kappa shape index (κ2) is 4.19. The smallest absolute Gasteiger partial charge is 0.411 e. The number of aliphatic carboxylic acids is 1. The number of amides is 1. The zero-order valence-corrected chi connectivity index (χ0v) is 10.7. The van der Waals surface area contributed by atoms with Crippen LogP contribution in [0.5, 0.6) is 0 Å². The fourth-order valence-corrected chi connectivity index (χ4v) is 3.04. The number of nitrogens with zero attached hydrogens (tertiary/aromatic N) is 1. The summed E-state index contributed by atoms with van der Waals surface area (Å²) in [7, 11) is 0. The van der Waals surface area contributed by atoms with Crippen molar-refractivity contribution in [2.24, 2.45) is 0 Å². The number of carboxylic acid groups (broad SMARTS) is 1. The van der Waals surface area contributed by atoms with Crippen LogP contribution < -0.4 is 0 Å². The zero-order chi connectivity index (χ0) is 14.4. The third-order valence-corrected chi connectivity index (χ3v) is 4.00. The molecule has 0 atom stereocenters. The monoisotopic (exact) mass is 279 g/mol. The zero-order valence-electron chi connectivity index (χ0n) is 10.7. The van der Waals surface area contributed by atoms with Gasteiger partial charge < -0.3 is 9.84 Å². The number of hydrogen-bond donors (Lipinski definition) is 1. The average Bonchev–Trinajstić information content (AvgIpc) is 2.87. The Morgan fingerprint density at radius 1 is 1.30 bits per heavy atom. The van der Waals surface area contributed by atoms with E-state index in [1.807, 2.05) is 18.2 Å². The maximum absolute atomic E-state index is 13.9. The third-order valence-electron chi connectivity index (χ3n) is 4.00. The Morgan fingerprint density at radius 2 is 1.95 bits per heavy atom. The average molecular weight is 279 g/mol. The van der Waals surface area contributed by atoms with Crippen molar-refractivity contribution in [3.05, 3.63) is 35.9 Å². The number of carboxylic acids is 1. The van der Waals surface area contributed by atoms with Gasteiger partial charge in [-0.2, -0.15) is 0 Å². The minimum atomic E-state index is -1.57. The lowest BCUT2D eigenvalue weighted by Crippen LogP contribution is -2.57. The predicted octanol–water partition coefficient (Wildman–Crippen LogP) is 1.96. The van der Waals surface area contributed by atoms with Gasteiger partial charge in [0.1, 0.15) is 17.8 Å². The van der Waals surface area contributed by atoms with Crippen molar-refractivity contribution in [3.8, 4) is 0 Å². The summed E-state index contributed by atoms with van der Waals surface area (Å²) in [5, 5.41) is 9.21. The van der Waals surface area contributed by atoms with Crippen LogP contribution in [-0.2, 0) is 16.1 Å². The van der Waals surface area contributed by atoms with Crippen molar-refractivity contribution < 1.29 is 23.8 Å². The van der Waals surface area contributed by atoms with Crippen LogP contribution in [0.4, 0.5) is 9.18 Å². The Hall–Kier alpha value is -2.11. The van der Waals surface area contributed by atoms with E-state index in [4.69, 9.17) is 4.74 Å². The fourth-order valence-electron chi connectivity index (χ4n) is 3.04. The summed E-state index contributed by atoms with van der Waals surface area (Å²) in [6.07, 6.45) is -1.06. The predicted molar refractivity (Wildman–Crippen MR) is 66.8 cm³/mol.